The molecule has 2 aromatic rings. The molecule has 23 heavy (non-hydrogen) atoms. The first-order valence-electron chi connectivity index (χ1n) is 6.94. The zero-order valence-electron chi connectivity index (χ0n) is 12.9. The van der Waals surface area contributed by atoms with E-state index in [2.05, 4.69) is 15.6 Å². The van der Waals surface area contributed by atoms with E-state index in [9.17, 15) is 4.79 Å². The van der Waals surface area contributed by atoms with Gasteiger partial charge in [-0.15, -0.1) is 0 Å². The molecule has 118 valence electrons. The predicted molar refractivity (Wildman–Crippen MR) is 95.4 cm³/mol. The predicted octanol–water partition coefficient (Wildman–Crippen LogP) is 2.93. The van der Waals surface area contributed by atoms with Crippen LogP contribution in [0.1, 0.15) is 11.3 Å². The van der Waals surface area contributed by atoms with Crippen LogP contribution in [-0.4, -0.2) is 23.1 Å². The summed E-state index contributed by atoms with van der Waals surface area (Å²) < 4.78 is 5.08. The highest BCUT2D eigenvalue weighted by molar-refractivity contribution is 7.80. The van der Waals surface area contributed by atoms with E-state index >= 15 is 0 Å². The fraction of sp³-hybridized carbons (Fsp3) is 0.118. The van der Waals surface area contributed by atoms with Crippen LogP contribution in [0.4, 0.5) is 5.82 Å². The molecule has 0 saturated carbocycles. The molecular formula is C17H17N3O2S. The molecule has 0 aliphatic rings. The van der Waals surface area contributed by atoms with E-state index in [1.54, 1.807) is 19.3 Å². The highest BCUT2D eigenvalue weighted by Gasteiger charge is 2.02. The number of aromatic nitrogens is 1. The molecule has 0 fully saturated rings. The summed E-state index contributed by atoms with van der Waals surface area (Å²) in [7, 11) is 1.61. The second-order valence-electron chi connectivity index (χ2n) is 4.71. The molecule has 0 radical (unpaired) electrons. The number of amides is 1. The number of rotatable bonds is 4. The minimum Gasteiger partial charge on any atom is -0.497 e. The van der Waals surface area contributed by atoms with Crippen LogP contribution in [0, 0.1) is 6.92 Å². The van der Waals surface area contributed by atoms with Gasteiger partial charge < -0.3 is 10.1 Å². The molecule has 1 heterocycles. The smallest absolute Gasteiger partial charge is 0.250 e. The molecule has 1 amide bonds. The summed E-state index contributed by atoms with van der Waals surface area (Å²) >= 11 is 5.09. The van der Waals surface area contributed by atoms with E-state index < -0.39 is 0 Å². The number of aryl methyl sites for hydroxylation is 1. The van der Waals surface area contributed by atoms with Crippen LogP contribution in [0.25, 0.3) is 6.08 Å². The second-order valence-corrected chi connectivity index (χ2v) is 5.12. The highest BCUT2D eigenvalue weighted by atomic mass is 32.1. The van der Waals surface area contributed by atoms with Crippen molar-refractivity contribution in [1.29, 1.82) is 0 Å². The second kappa shape index (κ2) is 8.05. The van der Waals surface area contributed by atoms with Gasteiger partial charge in [-0.25, -0.2) is 4.98 Å². The minimum atomic E-state index is -0.314. The number of hydrogen-bond donors (Lipinski definition) is 2. The number of carbonyl (C=O) groups is 1. The summed E-state index contributed by atoms with van der Waals surface area (Å²) in [5.41, 5.74) is 1.75. The third-order valence-electron chi connectivity index (χ3n) is 2.91. The first-order chi connectivity index (χ1) is 11.1. The van der Waals surface area contributed by atoms with Crippen molar-refractivity contribution in [3.05, 3.63) is 59.8 Å². The largest absolute Gasteiger partial charge is 0.497 e. The van der Waals surface area contributed by atoms with Crippen molar-refractivity contribution in [3.63, 3.8) is 0 Å². The van der Waals surface area contributed by atoms with Crippen molar-refractivity contribution >= 4 is 35.1 Å². The Morgan fingerprint density at radius 3 is 2.61 bits per heavy atom. The quantitative estimate of drug-likeness (QED) is 0.668. The van der Waals surface area contributed by atoms with Gasteiger partial charge in [0.1, 0.15) is 11.6 Å². The van der Waals surface area contributed by atoms with Gasteiger partial charge in [0.25, 0.3) is 0 Å². The monoisotopic (exact) mass is 327 g/mol. The van der Waals surface area contributed by atoms with Crippen LogP contribution in [0.3, 0.4) is 0 Å². The van der Waals surface area contributed by atoms with Gasteiger partial charge in [-0.05, 0) is 55.0 Å². The van der Waals surface area contributed by atoms with Gasteiger partial charge in [0.2, 0.25) is 5.91 Å². The van der Waals surface area contributed by atoms with Gasteiger partial charge in [0.05, 0.1) is 7.11 Å². The average molecular weight is 327 g/mol. The van der Waals surface area contributed by atoms with Gasteiger partial charge >= 0.3 is 0 Å². The lowest BCUT2D eigenvalue weighted by Gasteiger charge is -2.07. The van der Waals surface area contributed by atoms with Crippen LogP contribution in [0.15, 0.2) is 48.5 Å². The molecule has 2 N–H and O–H groups in total. The molecule has 1 aromatic carbocycles. The summed E-state index contributed by atoms with van der Waals surface area (Å²) in [6.45, 7) is 1.88. The van der Waals surface area contributed by atoms with Crippen molar-refractivity contribution in [2.24, 2.45) is 0 Å². The molecule has 0 bridgehead atoms. The lowest BCUT2D eigenvalue weighted by molar-refractivity contribution is -0.115. The fourth-order valence-electron chi connectivity index (χ4n) is 1.80. The maximum absolute atomic E-state index is 11.8. The first kappa shape index (κ1) is 16.6. The molecule has 0 saturated heterocycles. The maximum atomic E-state index is 11.8. The summed E-state index contributed by atoms with van der Waals surface area (Å²) in [4.78, 5) is 16.1. The molecule has 0 spiro atoms. The molecule has 1 aromatic heterocycles. The van der Waals surface area contributed by atoms with E-state index in [4.69, 9.17) is 17.0 Å². The Labute approximate surface area is 140 Å². The Morgan fingerprint density at radius 1 is 1.22 bits per heavy atom. The van der Waals surface area contributed by atoms with Crippen LogP contribution in [-0.2, 0) is 4.79 Å². The van der Waals surface area contributed by atoms with Gasteiger partial charge in [0, 0.05) is 11.8 Å². The van der Waals surface area contributed by atoms with Crippen molar-refractivity contribution in [1.82, 2.24) is 10.3 Å². The SMILES string of the molecule is COc1ccc(C=CC(=O)NC(=S)Nc2cccc(C)n2)cc1. The first-order valence-corrected chi connectivity index (χ1v) is 7.35. The topological polar surface area (TPSA) is 63.2 Å². The lowest BCUT2D eigenvalue weighted by atomic mass is 10.2. The number of ether oxygens (including phenoxy) is 1. The third kappa shape index (κ3) is 5.52. The van der Waals surface area contributed by atoms with E-state index in [-0.39, 0.29) is 11.0 Å². The summed E-state index contributed by atoms with van der Waals surface area (Å²) in [6, 6.07) is 12.9. The molecule has 0 aliphatic carbocycles. The average Bonchev–Trinajstić information content (AvgIpc) is 2.53. The number of benzene rings is 1. The van der Waals surface area contributed by atoms with Crippen LogP contribution >= 0.6 is 12.2 Å². The Kier molecular flexibility index (Phi) is 5.82. The summed E-state index contributed by atoms with van der Waals surface area (Å²) in [6.07, 6.45) is 3.11. The van der Waals surface area contributed by atoms with E-state index in [0.717, 1.165) is 17.0 Å². The van der Waals surface area contributed by atoms with Crippen molar-refractivity contribution in [2.75, 3.05) is 12.4 Å². The number of hydrogen-bond acceptors (Lipinski definition) is 4. The third-order valence-corrected chi connectivity index (χ3v) is 3.11. The number of nitrogens with zero attached hydrogens (tertiary/aromatic N) is 1. The standard InChI is InChI=1S/C17H17N3O2S/c1-12-4-3-5-15(18-12)19-17(23)20-16(21)11-8-13-6-9-14(22-2)10-7-13/h3-11H,1-2H3,(H2,18,19,20,21,23). The van der Waals surface area contributed by atoms with E-state index in [1.807, 2.05) is 43.3 Å². The highest BCUT2D eigenvalue weighted by Crippen LogP contribution is 2.12. The molecule has 0 aliphatic heterocycles. The summed E-state index contributed by atoms with van der Waals surface area (Å²) in [5.74, 6) is 1.04. The zero-order valence-corrected chi connectivity index (χ0v) is 13.7. The molecule has 6 heteroatoms. The van der Waals surface area contributed by atoms with Crippen LogP contribution in [0.2, 0.25) is 0 Å². The Bertz CT molecular complexity index is 727. The molecule has 0 unspecified atom stereocenters. The number of thiocarbonyl (C=S) groups is 1. The Balaban J connectivity index is 1.88. The molecule has 5 nitrogen and oxygen atoms in total. The van der Waals surface area contributed by atoms with E-state index in [1.165, 1.54) is 6.08 Å². The van der Waals surface area contributed by atoms with Crippen molar-refractivity contribution < 1.29 is 9.53 Å². The van der Waals surface area contributed by atoms with E-state index in [0.29, 0.717) is 5.82 Å². The lowest BCUT2D eigenvalue weighted by Crippen LogP contribution is -2.33. The fourth-order valence-corrected chi connectivity index (χ4v) is 2.01. The normalized spacial score (nSPS) is 10.3. The Morgan fingerprint density at radius 2 is 1.96 bits per heavy atom. The van der Waals surface area contributed by atoms with Crippen LogP contribution in [0.5, 0.6) is 5.75 Å². The van der Waals surface area contributed by atoms with Gasteiger partial charge in [-0.1, -0.05) is 18.2 Å². The van der Waals surface area contributed by atoms with Crippen molar-refractivity contribution in [3.8, 4) is 5.75 Å². The number of methoxy groups -OCH3 is 1. The Hall–Kier alpha value is -2.73. The molecular weight excluding hydrogens is 310 g/mol. The minimum absolute atomic E-state index is 0.201. The number of pyridine rings is 1. The number of carbonyl (C=O) groups excluding carboxylic acids is 1. The zero-order chi connectivity index (χ0) is 16.7. The van der Waals surface area contributed by atoms with Crippen LogP contribution < -0.4 is 15.4 Å². The maximum Gasteiger partial charge on any atom is 0.250 e. The molecule has 2 rings (SSSR count). The summed E-state index contributed by atoms with van der Waals surface area (Å²) in [5, 5.41) is 5.64. The number of anilines is 1. The van der Waals surface area contributed by atoms with Gasteiger partial charge in [0.15, 0.2) is 5.11 Å². The molecule has 0 atom stereocenters. The van der Waals surface area contributed by atoms with Gasteiger partial charge in [-0.3, -0.25) is 10.1 Å². The number of nitrogens with one attached hydrogen (secondary N) is 2. The van der Waals surface area contributed by atoms with Gasteiger partial charge in [-0.2, -0.15) is 0 Å². The van der Waals surface area contributed by atoms with Crippen molar-refractivity contribution in [2.45, 2.75) is 6.92 Å².